The standard InChI is InChI=1S/C14H27N3O/c1-7-10(3)9-14(8-2)11(18)15-12(17-14)16-13(4,5)6/h10H,7-9H2,1-6H3,(H2,15,16,17,18). The van der Waals surface area contributed by atoms with Gasteiger partial charge in [0.2, 0.25) is 0 Å². The zero-order chi connectivity index (χ0) is 14.0. The molecule has 1 aliphatic rings. The second-order valence-corrected chi connectivity index (χ2v) is 6.39. The number of hydrogen-bond donors (Lipinski definition) is 2. The van der Waals surface area contributed by atoms with Crippen molar-refractivity contribution < 1.29 is 4.79 Å². The molecule has 1 aliphatic heterocycles. The molecule has 2 unspecified atom stereocenters. The normalized spacial score (nSPS) is 25.7. The molecule has 4 nitrogen and oxygen atoms in total. The van der Waals surface area contributed by atoms with E-state index in [2.05, 4.69) is 50.2 Å². The summed E-state index contributed by atoms with van der Waals surface area (Å²) in [6.45, 7) is 12.5. The smallest absolute Gasteiger partial charge is 0.254 e. The summed E-state index contributed by atoms with van der Waals surface area (Å²) in [6.07, 6.45) is 2.65. The predicted octanol–water partition coefficient (Wildman–Crippen LogP) is 2.45. The topological polar surface area (TPSA) is 53.5 Å². The minimum Gasteiger partial charge on any atom is -0.351 e. The van der Waals surface area contributed by atoms with Gasteiger partial charge in [-0.05, 0) is 39.5 Å². The molecule has 1 rings (SSSR count). The lowest BCUT2D eigenvalue weighted by molar-refractivity contribution is -0.124. The van der Waals surface area contributed by atoms with Gasteiger partial charge < -0.3 is 5.32 Å². The monoisotopic (exact) mass is 253 g/mol. The molecule has 0 bridgehead atoms. The molecular formula is C14H27N3O. The Kier molecular flexibility index (Phi) is 4.41. The quantitative estimate of drug-likeness (QED) is 0.808. The number of rotatable bonds is 4. The molecule has 104 valence electrons. The van der Waals surface area contributed by atoms with Gasteiger partial charge in [0.05, 0.1) is 0 Å². The summed E-state index contributed by atoms with van der Waals surface area (Å²) in [4.78, 5) is 16.8. The maximum atomic E-state index is 12.2. The average molecular weight is 253 g/mol. The van der Waals surface area contributed by atoms with Gasteiger partial charge in [0, 0.05) is 5.54 Å². The van der Waals surface area contributed by atoms with Gasteiger partial charge in [0.15, 0.2) is 5.96 Å². The lowest BCUT2D eigenvalue weighted by Gasteiger charge is -2.24. The van der Waals surface area contributed by atoms with Crippen molar-refractivity contribution in [3.8, 4) is 0 Å². The Morgan fingerprint density at radius 1 is 1.39 bits per heavy atom. The Labute approximate surface area is 111 Å². The third-order valence-electron chi connectivity index (χ3n) is 3.44. The van der Waals surface area contributed by atoms with Crippen molar-refractivity contribution in [2.45, 2.75) is 71.9 Å². The van der Waals surface area contributed by atoms with Gasteiger partial charge in [-0.3, -0.25) is 10.1 Å². The first kappa shape index (κ1) is 15.0. The van der Waals surface area contributed by atoms with Crippen molar-refractivity contribution in [1.29, 1.82) is 0 Å². The van der Waals surface area contributed by atoms with Crippen LogP contribution in [0.3, 0.4) is 0 Å². The van der Waals surface area contributed by atoms with E-state index in [1.165, 1.54) is 0 Å². The minimum atomic E-state index is -0.566. The molecule has 2 N–H and O–H groups in total. The van der Waals surface area contributed by atoms with E-state index in [1.54, 1.807) is 0 Å². The van der Waals surface area contributed by atoms with E-state index >= 15 is 0 Å². The van der Waals surface area contributed by atoms with Crippen LogP contribution in [0.25, 0.3) is 0 Å². The number of aliphatic imine (C=N–C) groups is 1. The molecule has 4 heteroatoms. The Bertz CT molecular complexity index is 343. The molecule has 0 spiro atoms. The van der Waals surface area contributed by atoms with Gasteiger partial charge in [-0.15, -0.1) is 0 Å². The maximum absolute atomic E-state index is 12.2. The van der Waals surface area contributed by atoms with Gasteiger partial charge in [-0.1, -0.05) is 27.2 Å². The molecule has 0 fully saturated rings. The summed E-state index contributed by atoms with van der Waals surface area (Å²) >= 11 is 0. The maximum Gasteiger partial charge on any atom is 0.254 e. The number of carbonyl (C=O) groups is 1. The fraction of sp³-hybridized carbons (Fsp3) is 0.857. The van der Waals surface area contributed by atoms with E-state index in [4.69, 9.17) is 0 Å². The third kappa shape index (κ3) is 3.47. The van der Waals surface area contributed by atoms with Crippen LogP contribution in [-0.2, 0) is 4.79 Å². The molecule has 0 aromatic carbocycles. The van der Waals surface area contributed by atoms with Crippen molar-refractivity contribution in [2.24, 2.45) is 10.9 Å². The summed E-state index contributed by atoms with van der Waals surface area (Å²) < 4.78 is 0. The largest absolute Gasteiger partial charge is 0.351 e. The van der Waals surface area contributed by atoms with E-state index < -0.39 is 5.54 Å². The second kappa shape index (κ2) is 5.29. The molecule has 1 amide bonds. The molecule has 18 heavy (non-hydrogen) atoms. The van der Waals surface area contributed by atoms with Crippen LogP contribution in [-0.4, -0.2) is 22.9 Å². The summed E-state index contributed by atoms with van der Waals surface area (Å²) in [5, 5.41) is 6.13. The van der Waals surface area contributed by atoms with Crippen molar-refractivity contribution >= 4 is 11.9 Å². The third-order valence-corrected chi connectivity index (χ3v) is 3.44. The van der Waals surface area contributed by atoms with Crippen molar-refractivity contribution in [2.75, 3.05) is 0 Å². The molecule has 0 aliphatic carbocycles. The molecule has 0 aromatic rings. The summed E-state index contributed by atoms with van der Waals surface area (Å²) in [6, 6.07) is 0. The summed E-state index contributed by atoms with van der Waals surface area (Å²) in [7, 11) is 0. The molecule has 0 saturated carbocycles. The van der Waals surface area contributed by atoms with Crippen LogP contribution in [0.1, 0.15) is 60.8 Å². The molecule has 2 atom stereocenters. The van der Waals surface area contributed by atoms with E-state index in [-0.39, 0.29) is 11.4 Å². The van der Waals surface area contributed by atoms with Crippen LogP contribution in [0.4, 0.5) is 0 Å². The average Bonchev–Trinajstić information content (AvgIpc) is 2.53. The van der Waals surface area contributed by atoms with Crippen LogP contribution in [0.5, 0.6) is 0 Å². The van der Waals surface area contributed by atoms with E-state index in [0.717, 1.165) is 19.3 Å². The number of nitrogens with zero attached hydrogens (tertiary/aromatic N) is 1. The fourth-order valence-electron chi connectivity index (χ4n) is 2.17. The first-order valence-corrected chi connectivity index (χ1v) is 6.92. The van der Waals surface area contributed by atoms with Gasteiger partial charge in [0.1, 0.15) is 5.54 Å². The van der Waals surface area contributed by atoms with E-state index in [1.807, 2.05) is 6.92 Å². The Morgan fingerprint density at radius 3 is 2.44 bits per heavy atom. The number of amides is 1. The van der Waals surface area contributed by atoms with Crippen molar-refractivity contribution in [1.82, 2.24) is 10.6 Å². The van der Waals surface area contributed by atoms with E-state index in [0.29, 0.717) is 11.9 Å². The highest BCUT2D eigenvalue weighted by Crippen LogP contribution is 2.30. The minimum absolute atomic E-state index is 0.0389. The molecule has 0 saturated heterocycles. The van der Waals surface area contributed by atoms with Crippen LogP contribution in [0.2, 0.25) is 0 Å². The lowest BCUT2D eigenvalue weighted by Crippen LogP contribution is -2.47. The highest BCUT2D eigenvalue weighted by Gasteiger charge is 2.43. The van der Waals surface area contributed by atoms with E-state index in [9.17, 15) is 4.79 Å². The van der Waals surface area contributed by atoms with Crippen molar-refractivity contribution in [3.63, 3.8) is 0 Å². The second-order valence-electron chi connectivity index (χ2n) is 6.39. The predicted molar refractivity (Wildman–Crippen MR) is 75.6 cm³/mol. The number of guanidine groups is 1. The van der Waals surface area contributed by atoms with Crippen LogP contribution >= 0.6 is 0 Å². The molecule has 1 heterocycles. The van der Waals surface area contributed by atoms with Crippen molar-refractivity contribution in [3.05, 3.63) is 0 Å². The highest BCUT2D eigenvalue weighted by atomic mass is 16.2. The first-order chi connectivity index (χ1) is 8.22. The molecule has 0 aromatic heterocycles. The van der Waals surface area contributed by atoms with Crippen LogP contribution in [0.15, 0.2) is 4.99 Å². The number of hydrogen-bond acceptors (Lipinski definition) is 3. The SMILES string of the molecule is CCC(C)CC1(CC)N=C(NC(C)(C)C)NC1=O. The van der Waals surface area contributed by atoms with Gasteiger partial charge >= 0.3 is 0 Å². The zero-order valence-electron chi connectivity index (χ0n) is 12.6. The summed E-state index contributed by atoms with van der Waals surface area (Å²) in [5.74, 6) is 1.17. The Balaban J connectivity index is 2.88. The van der Waals surface area contributed by atoms with Gasteiger partial charge in [0.25, 0.3) is 5.91 Å². The zero-order valence-corrected chi connectivity index (χ0v) is 12.6. The Morgan fingerprint density at radius 2 is 2.00 bits per heavy atom. The van der Waals surface area contributed by atoms with Gasteiger partial charge in [-0.2, -0.15) is 0 Å². The number of carbonyl (C=O) groups excluding carboxylic acids is 1. The summed E-state index contributed by atoms with van der Waals surface area (Å²) in [5.41, 5.74) is -0.657. The van der Waals surface area contributed by atoms with Crippen LogP contribution in [0, 0.1) is 5.92 Å². The lowest BCUT2D eigenvalue weighted by atomic mass is 9.85. The molecular weight excluding hydrogens is 226 g/mol. The highest BCUT2D eigenvalue weighted by molar-refractivity contribution is 6.07. The number of nitrogens with one attached hydrogen (secondary N) is 2. The Hall–Kier alpha value is -1.06. The first-order valence-electron chi connectivity index (χ1n) is 6.92. The fourth-order valence-corrected chi connectivity index (χ4v) is 2.17. The van der Waals surface area contributed by atoms with Gasteiger partial charge in [-0.25, -0.2) is 4.99 Å². The molecule has 0 radical (unpaired) electrons. The van der Waals surface area contributed by atoms with Crippen LogP contribution < -0.4 is 10.6 Å².